The van der Waals surface area contributed by atoms with E-state index < -0.39 is 0 Å². The normalized spacial score (nSPS) is 9.70. The van der Waals surface area contributed by atoms with Gasteiger partial charge in [0.2, 0.25) is 0 Å². The van der Waals surface area contributed by atoms with Crippen LogP contribution in [0, 0.1) is 11.3 Å². The van der Waals surface area contributed by atoms with Gasteiger partial charge in [-0.15, -0.1) is 11.3 Å². The fraction of sp³-hybridized carbons (Fsp3) is 0.308. The highest BCUT2D eigenvalue weighted by Gasteiger charge is 2.19. The van der Waals surface area contributed by atoms with E-state index in [1.807, 2.05) is 6.92 Å². The van der Waals surface area contributed by atoms with Crippen molar-refractivity contribution in [3.05, 3.63) is 16.0 Å². The lowest BCUT2D eigenvalue weighted by atomic mass is 10.0. The van der Waals surface area contributed by atoms with Gasteiger partial charge in [-0.1, -0.05) is 13.3 Å². The van der Waals surface area contributed by atoms with E-state index in [1.54, 1.807) is 0 Å². The Kier molecular flexibility index (Phi) is 5.43. The first kappa shape index (κ1) is 15.9. The zero-order valence-electron chi connectivity index (χ0n) is 11.4. The first-order valence-electron chi connectivity index (χ1n) is 6.07. The smallest absolute Gasteiger partial charge is 0.162 e. The molecule has 0 fully saturated rings. The second kappa shape index (κ2) is 6.84. The fourth-order valence-electron chi connectivity index (χ4n) is 1.98. The second-order valence-electron chi connectivity index (χ2n) is 3.89. The largest absolute Gasteiger partial charge is 0.397 e. The molecule has 0 saturated heterocycles. The van der Waals surface area contributed by atoms with Gasteiger partial charge in [-0.05, 0) is 19.0 Å². The first-order valence-corrected chi connectivity index (χ1v) is 6.89. The third-order valence-electron chi connectivity index (χ3n) is 2.76. The summed E-state index contributed by atoms with van der Waals surface area (Å²) in [6, 6.07) is 2.07. The molecular weight excluding hydrogens is 274 g/mol. The maximum absolute atomic E-state index is 10.9. The van der Waals surface area contributed by atoms with Gasteiger partial charge in [0.25, 0.3) is 0 Å². The van der Waals surface area contributed by atoms with Crippen molar-refractivity contribution in [2.45, 2.75) is 19.8 Å². The molecule has 0 aliphatic heterocycles. The number of aldehydes is 1. The molecule has 0 aromatic carbocycles. The number of aromatic nitrogens is 1. The van der Waals surface area contributed by atoms with E-state index in [1.165, 1.54) is 18.4 Å². The quantitative estimate of drug-likeness (QED) is 0.737. The molecule has 2 aromatic rings. The number of nitrogens with two attached hydrogens (primary N) is 3. The molecule has 2 aromatic heterocycles. The van der Waals surface area contributed by atoms with Gasteiger partial charge in [0.15, 0.2) is 6.29 Å². The van der Waals surface area contributed by atoms with E-state index in [2.05, 4.69) is 16.8 Å². The van der Waals surface area contributed by atoms with Crippen LogP contribution in [0.25, 0.3) is 10.2 Å². The molecule has 2 heterocycles. The minimum absolute atomic E-state index is 0.201. The summed E-state index contributed by atoms with van der Waals surface area (Å²) in [5.41, 5.74) is 17.8. The number of thiophene rings is 1. The number of nitriles is 1. The summed E-state index contributed by atoms with van der Waals surface area (Å²) < 4.78 is 0. The van der Waals surface area contributed by atoms with Crippen LogP contribution in [0.3, 0.4) is 0 Å². The molecule has 106 valence electrons. The average molecular weight is 291 g/mol. The summed E-state index contributed by atoms with van der Waals surface area (Å²) in [6.45, 7) is 2.01. The van der Waals surface area contributed by atoms with Gasteiger partial charge in [0.05, 0.1) is 16.1 Å². The predicted molar refractivity (Wildman–Crippen MR) is 82.7 cm³/mol. The van der Waals surface area contributed by atoms with Crippen molar-refractivity contribution < 1.29 is 4.79 Å². The van der Waals surface area contributed by atoms with Crippen LogP contribution in [0.4, 0.5) is 11.5 Å². The Bertz CT molecular complexity index is 672. The minimum Gasteiger partial charge on any atom is -0.397 e. The predicted octanol–water partition coefficient (Wildman–Crippen LogP) is 1.67. The molecule has 7 heteroatoms. The number of nitrogen functional groups attached to an aromatic ring is 2. The summed E-state index contributed by atoms with van der Waals surface area (Å²) in [5.74, 6) is 0.201. The Morgan fingerprint density at radius 2 is 2.05 bits per heavy atom. The zero-order chi connectivity index (χ0) is 15.3. The summed E-state index contributed by atoms with van der Waals surface area (Å²) in [7, 11) is 1.50. The molecule has 0 aliphatic rings. The van der Waals surface area contributed by atoms with Crippen LogP contribution >= 0.6 is 11.3 Å². The highest BCUT2D eigenvalue weighted by Crippen LogP contribution is 2.37. The fourth-order valence-corrected chi connectivity index (χ4v) is 2.92. The van der Waals surface area contributed by atoms with Crippen molar-refractivity contribution in [2.75, 3.05) is 18.5 Å². The topological polar surface area (TPSA) is 132 Å². The number of anilines is 2. The highest BCUT2D eigenvalue weighted by molar-refractivity contribution is 7.20. The summed E-state index contributed by atoms with van der Waals surface area (Å²) >= 11 is 1.20. The van der Waals surface area contributed by atoms with Gasteiger partial charge in [-0.3, -0.25) is 4.79 Å². The minimum atomic E-state index is 0.201. The van der Waals surface area contributed by atoms with Crippen molar-refractivity contribution in [2.24, 2.45) is 5.73 Å². The number of hydrogen-bond acceptors (Lipinski definition) is 7. The number of carbonyl (C=O) groups excluding carboxylic acids is 1. The van der Waals surface area contributed by atoms with Gasteiger partial charge in [-0.25, -0.2) is 4.98 Å². The van der Waals surface area contributed by atoms with Crippen LogP contribution < -0.4 is 17.2 Å². The summed E-state index contributed by atoms with van der Waals surface area (Å²) in [6.07, 6.45) is 2.25. The molecule has 6 nitrogen and oxygen atoms in total. The van der Waals surface area contributed by atoms with Crippen LogP contribution in [0.2, 0.25) is 0 Å². The van der Waals surface area contributed by atoms with E-state index in [9.17, 15) is 4.79 Å². The molecular formula is C13H17N5OS. The Labute approximate surface area is 121 Å². The molecule has 0 amide bonds. The lowest BCUT2D eigenvalue weighted by Crippen LogP contribution is -2.01. The number of nitrogens with zero attached hydrogens (tertiary/aromatic N) is 2. The number of fused-ring (bicyclic) bond motifs is 1. The standard InChI is InChI=1S/C12H12N4OS.CH5N/c1-2-3-6-7(4-13)11(15)16-12-9(6)10(14)8(5-17)18-12;1-2/h5H,2-3,14H2,1H3,(H2,15,16);2H2,1H3. The Morgan fingerprint density at radius 1 is 1.40 bits per heavy atom. The van der Waals surface area contributed by atoms with Crippen molar-refractivity contribution in [3.8, 4) is 6.07 Å². The van der Waals surface area contributed by atoms with Gasteiger partial charge >= 0.3 is 0 Å². The number of carbonyl (C=O) groups is 1. The van der Waals surface area contributed by atoms with Crippen molar-refractivity contribution in [1.29, 1.82) is 5.26 Å². The number of aryl methyl sites for hydroxylation is 1. The molecule has 0 radical (unpaired) electrons. The van der Waals surface area contributed by atoms with E-state index in [-0.39, 0.29) is 5.82 Å². The summed E-state index contributed by atoms with van der Waals surface area (Å²) in [4.78, 5) is 16.1. The van der Waals surface area contributed by atoms with Crippen LogP contribution in [-0.4, -0.2) is 18.3 Å². The van der Waals surface area contributed by atoms with Crippen LogP contribution in [0.5, 0.6) is 0 Å². The molecule has 0 unspecified atom stereocenters. The van der Waals surface area contributed by atoms with Gasteiger partial charge < -0.3 is 17.2 Å². The average Bonchev–Trinajstić information content (AvgIpc) is 2.77. The lowest BCUT2D eigenvalue weighted by molar-refractivity contribution is 0.112. The van der Waals surface area contributed by atoms with Crippen molar-refractivity contribution in [3.63, 3.8) is 0 Å². The van der Waals surface area contributed by atoms with Crippen LogP contribution in [-0.2, 0) is 6.42 Å². The summed E-state index contributed by atoms with van der Waals surface area (Å²) in [5, 5.41) is 9.87. The monoisotopic (exact) mass is 291 g/mol. The Hall–Kier alpha value is -2.17. The molecule has 20 heavy (non-hydrogen) atoms. The molecule has 0 aliphatic carbocycles. The first-order chi connectivity index (χ1) is 9.63. The third-order valence-corrected chi connectivity index (χ3v) is 3.78. The van der Waals surface area contributed by atoms with Gasteiger partial charge in [0.1, 0.15) is 16.7 Å². The highest BCUT2D eigenvalue weighted by atomic mass is 32.1. The third kappa shape index (κ3) is 2.57. The van der Waals surface area contributed by atoms with Gasteiger partial charge in [-0.2, -0.15) is 5.26 Å². The number of hydrogen-bond donors (Lipinski definition) is 3. The number of rotatable bonds is 3. The molecule has 6 N–H and O–H groups in total. The van der Waals surface area contributed by atoms with Gasteiger partial charge in [0, 0.05) is 5.39 Å². The molecule has 0 spiro atoms. The maximum Gasteiger partial charge on any atom is 0.162 e. The second-order valence-corrected chi connectivity index (χ2v) is 4.92. The number of pyridine rings is 1. The SMILES string of the molecule is CCCc1c(C#N)c(N)nc2sc(C=O)c(N)c12.CN. The maximum atomic E-state index is 10.9. The molecule has 0 atom stereocenters. The van der Waals surface area contributed by atoms with Crippen LogP contribution in [0.15, 0.2) is 0 Å². The Balaban J connectivity index is 0.000000956. The Morgan fingerprint density at radius 3 is 2.55 bits per heavy atom. The van der Waals surface area contributed by atoms with E-state index in [0.29, 0.717) is 39.1 Å². The van der Waals surface area contributed by atoms with E-state index >= 15 is 0 Å². The van der Waals surface area contributed by atoms with E-state index in [4.69, 9.17) is 16.7 Å². The molecule has 2 rings (SSSR count). The lowest BCUT2D eigenvalue weighted by Gasteiger charge is -2.07. The van der Waals surface area contributed by atoms with Crippen LogP contribution in [0.1, 0.15) is 34.1 Å². The zero-order valence-corrected chi connectivity index (χ0v) is 12.3. The molecule has 0 saturated carbocycles. The molecule has 0 bridgehead atoms. The van der Waals surface area contributed by atoms with E-state index in [0.717, 1.165) is 12.0 Å². The van der Waals surface area contributed by atoms with Crippen molar-refractivity contribution in [1.82, 2.24) is 4.98 Å². The van der Waals surface area contributed by atoms with Crippen molar-refractivity contribution >= 4 is 39.3 Å².